The van der Waals surface area contributed by atoms with Crippen LogP contribution >= 0.6 is 0 Å². The van der Waals surface area contributed by atoms with Gasteiger partial charge in [0.1, 0.15) is 0 Å². The minimum Gasteiger partial charge on any atom is -0.399 e. The molecule has 19 heavy (non-hydrogen) atoms. The molecule has 5 heteroatoms. The van der Waals surface area contributed by atoms with Crippen LogP contribution in [-0.4, -0.2) is 26.3 Å². The maximum Gasteiger partial charge on any atom is 0.243 e. The van der Waals surface area contributed by atoms with Gasteiger partial charge < -0.3 is 5.73 Å². The van der Waals surface area contributed by atoms with Gasteiger partial charge in [0.15, 0.2) is 0 Å². The Morgan fingerprint density at radius 1 is 1.32 bits per heavy atom. The number of likely N-dealkylation sites (N-methyl/N-ethyl adjacent to an activating group) is 1. The number of nitrogens with zero attached hydrogens (tertiary/aromatic N) is 1. The number of hydrogen-bond acceptors (Lipinski definition) is 3. The molecule has 100 valence electrons. The van der Waals surface area contributed by atoms with E-state index in [9.17, 15) is 8.42 Å². The Labute approximate surface area is 113 Å². The average Bonchev–Trinajstić information content (AvgIpc) is 2.37. The Balaban J connectivity index is 2.66. The molecule has 0 heterocycles. The van der Waals surface area contributed by atoms with Gasteiger partial charge in [0.2, 0.25) is 10.0 Å². The summed E-state index contributed by atoms with van der Waals surface area (Å²) in [6.07, 6.45) is 1.56. The number of nitrogen functional groups attached to an aromatic ring is 1. The van der Waals surface area contributed by atoms with Crippen molar-refractivity contribution in [2.24, 2.45) is 0 Å². The van der Waals surface area contributed by atoms with Crippen molar-refractivity contribution >= 4 is 26.5 Å². The van der Waals surface area contributed by atoms with Crippen LogP contribution in [0.5, 0.6) is 0 Å². The first-order valence-corrected chi connectivity index (χ1v) is 7.26. The van der Waals surface area contributed by atoms with Crippen LogP contribution < -0.4 is 5.73 Å². The van der Waals surface area contributed by atoms with Crippen LogP contribution in [0.3, 0.4) is 0 Å². The van der Waals surface area contributed by atoms with Crippen molar-refractivity contribution in [1.29, 1.82) is 0 Å². The van der Waals surface area contributed by atoms with E-state index in [0.29, 0.717) is 11.1 Å². The van der Waals surface area contributed by atoms with E-state index in [1.807, 2.05) is 6.07 Å². The molecule has 0 unspecified atom stereocenters. The molecule has 0 atom stereocenters. The van der Waals surface area contributed by atoms with Gasteiger partial charge in [-0.25, -0.2) is 8.42 Å². The van der Waals surface area contributed by atoms with Gasteiger partial charge in [-0.3, -0.25) is 0 Å². The molecule has 0 saturated heterocycles. The van der Waals surface area contributed by atoms with Gasteiger partial charge in [0.05, 0.1) is 4.90 Å². The topological polar surface area (TPSA) is 63.4 Å². The highest BCUT2D eigenvalue weighted by atomic mass is 32.2. The highest BCUT2D eigenvalue weighted by Gasteiger charge is 2.21. The predicted molar refractivity (Wildman–Crippen MR) is 78.4 cm³/mol. The minimum absolute atomic E-state index is 0.272. The Bertz CT molecular complexity index is 723. The second-order valence-electron chi connectivity index (χ2n) is 4.31. The molecule has 2 aromatic carbocycles. The maximum absolute atomic E-state index is 12.5. The Hall–Kier alpha value is -1.85. The maximum atomic E-state index is 12.5. The second kappa shape index (κ2) is 5.03. The lowest BCUT2D eigenvalue weighted by atomic mass is 10.1. The summed E-state index contributed by atoms with van der Waals surface area (Å²) >= 11 is 0. The van der Waals surface area contributed by atoms with Gasteiger partial charge in [-0.05, 0) is 23.6 Å². The molecule has 0 fully saturated rings. The molecule has 0 aliphatic heterocycles. The van der Waals surface area contributed by atoms with Crippen molar-refractivity contribution in [2.45, 2.75) is 4.90 Å². The molecular weight excluding hydrogens is 260 g/mol. The molecule has 0 saturated carbocycles. The lowest BCUT2D eigenvalue weighted by Crippen LogP contribution is -2.27. The average molecular weight is 276 g/mol. The molecule has 2 aromatic rings. The van der Waals surface area contributed by atoms with E-state index < -0.39 is 10.0 Å². The zero-order chi connectivity index (χ0) is 14.0. The summed E-state index contributed by atoms with van der Waals surface area (Å²) in [4.78, 5) is 0.286. The predicted octanol–water partition coefficient (Wildman–Crippen LogP) is 2.23. The summed E-state index contributed by atoms with van der Waals surface area (Å²) in [6.45, 7) is 3.83. The zero-order valence-corrected chi connectivity index (χ0v) is 11.5. The normalized spacial score (nSPS) is 11.9. The molecule has 0 aromatic heterocycles. The van der Waals surface area contributed by atoms with E-state index in [2.05, 4.69) is 6.58 Å². The van der Waals surface area contributed by atoms with E-state index in [-0.39, 0.29) is 11.4 Å². The van der Waals surface area contributed by atoms with Crippen LogP contribution in [0.15, 0.2) is 53.9 Å². The lowest BCUT2D eigenvalue weighted by Gasteiger charge is -2.16. The molecule has 2 N–H and O–H groups in total. The van der Waals surface area contributed by atoms with E-state index in [4.69, 9.17) is 5.73 Å². The minimum atomic E-state index is -3.52. The Morgan fingerprint density at radius 2 is 2.05 bits per heavy atom. The van der Waals surface area contributed by atoms with Crippen molar-refractivity contribution in [1.82, 2.24) is 4.31 Å². The van der Waals surface area contributed by atoms with Crippen LogP contribution in [0.25, 0.3) is 10.8 Å². The highest BCUT2D eigenvalue weighted by molar-refractivity contribution is 7.89. The molecule has 0 amide bonds. The van der Waals surface area contributed by atoms with E-state index in [1.54, 1.807) is 36.4 Å². The van der Waals surface area contributed by atoms with Crippen LogP contribution in [0.2, 0.25) is 0 Å². The van der Waals surface area contributed by atoms with Gasteiger partial charge in [0.25, 0.3) is 0 Å². The summed E-state index contributed by atoms with van der Waals surface area (Å²) in [6, 6.07) is 10.4. The number of sulfonamides is 1. The van der Waals surface area contributed by atoms with E-state index >= 15 is 0 Å². The third-order valence-corrected chi connectivity index (χ3v) is 4.82. The van der Waals surface area contributed by atoms with Gasteiger partial charge >= 0.3 is 0 Å². The van der Waals surface area contributed by atoms with E-state index in [0.717, 1.165) is 5.39 Å². The summed E-state index contributed by atoms with van der Waals surface area (Å²) in [7, 11) is -1.98. The number of anilines is 1. The fourth-order valence-electron chi connectivity index (χ4n) is 1.95. The summed E-state index contributed by atoms with van der Waals surface area (Å²) in [5, 5.41) is 1.49. The lowest BCUT2D eigenvalue weighted by molar-refractivity contribution is 0.500. The van der Waals surface area contributed by atoms with Crippen molar-refractivity contribution < 1.29 is 8.42 Å². The van der Waals surface area contributed by atoms with Crippen LogP contribution in [0.4, 0.5) is 5.69 Å². The number of benzene rings is 2. The molecule has 0 bridgehead atoms. The SMILES string of the molecule is C=CCN(C)S(=O)(=O)c1cccc2cc(N)ccc12. The van der Waals surface area contributed by atoms with Gasteiger partial charge in [-0.1, -0.05) is 24.3 Å². The second-order valence-corrected chi connectivity index (χ2v) is 6.32. The zero-order valence-electron chi connectivity index (χ0n) is 10.7. The number of nitrogens with two attached hydrogens (primary N) is 1. The van der Waals surface area contributed by atoms with Crippen LogP contribution in [0, 0.1) is 0 Å². The highest BCUT2D eigenvalue weighted by Crippen LogP contribution is 2.26. The van der Waals surface area contributed by atoms with Crippen molar-refractivity contribution in [2.75, 3.05) is 19.3 Å². The Morgan fingerprint density at radius 3 is 2.74 bits per heavy atom. The van der Waals surface area contributed by atoms with Crippen LogP contribution in [0.1, 0.15) is 0 Å². The number of hydrogen-bond donors (Lipinski definition) is 1. The molecular formula is C14H16N2O2S. The monoisotopic (exact) mass is 276 g/mol. The molecule has 4 nitrogen and oxygen atoms in total. The molecule has 0 aliphatic carbocycles. The molecule has 0 aliphatic rings. The van der Waals surface area contributed by atoms with E-state index in [1.165, 1.54) is 11.4 Å². The fourth-order valence-corrected chi connectivity index (χ4v) is 3.30. The third kappa shape index (κ3) is 2.47. The standard InChI is InChI=1S/C14H16N2O2S/c1-3-9-16(2)19(17,18)14-6-4-5-11-10-12(15)7-8-13(11)14/h3-8,10H,1,9,15H2,2H3. The quantitative estimate of drug-likeness (QED) is 0.688. The van der Waals surface area contributed by atoms with Gasteiger partial charge in [-0.15, -0.1) is 6.58 Å². The first-order valence-electron chi connectivity index (χ1n) is 5.82. The molecule has 0 spiro atoms. The first kappa shape index (κ1) is 13.6. The fraction of sp³-hybridized carbons (Fsp3) is 0.143. The summed E-state index contributed by atoms with van der Waals surface area (Å²) in [5.74, 6) is 0. The molecule has 0 radical (unpaired) electrons. The van der Waals surface area contributed by atoms with Crippen LogP contribution in [-0.2, 0) is 10.0 Å². The van der Waals surface area contributed by atoms with Gasteiger partial charge in [-0.2, -0.15) is 4.31 Å². The van der Waals surface area contributed by atoms with Gasteiger partial charge in [0, 0.05) is 24.7 Å². The summed E-state index contributed by atoms with van der Waals surface area (Å²) < 4.78 is 26.2. The van der Waals surface area contributed by atoms with Crippen molar-refractivity contribution in [3.63, 3.8) is 0 Å². The van der Waals surface area contributed by atoms with Crippen molar-refractivity contribution in [3.05, 3.63) is 49.1 Å². The third-order valence-electron chi connectivity index (χ3n) is 2.94. The number of rotatable bonds is 4. The largest absolute Gasteiger partial charge is 0.399 e. The Kier molecular flexibility index (Phi) is 3.59. The summed E-state index contributed by atoms with van der Waals surface area (Å²) in [5.41, 5.74) is 6.33. The smallest absolute Gasteiger partial charge is 0.243 e. The molecule has 2 rings (SSSR count). The first-order chi connectivity index (χ1) is 8.96. The van der Waals surface area contributed by atoms with Crippen molar-refractivity contribution in [3.8, 4) is 0 Å². The number of fused-ring (bicyclic) bond motifs is 1.